The van der Waals surface area contributed by atoms with E-state index in [0.717, 1.165) is 10.0 Å². The fourth-order valence-corrected chi connectivity index (χ4v) is 2.94. The number of carbonyl (C=O) groups is 1. The Labute approximate surface area is 108 Å². The first-order chi connectivity index (χ1) is 7.69. The predicted molar refractivity (Wildman–Crippen MR) is 70.4 cm³/mol. The van der Waals surface area contributed by atoms with Gasteiger partial charge in [0.15, 0.2) is 0 Å². The summed E-state index contributed by atoms with van der Waals surface area (Å²) in [6.07, 6.45) is 0. The van der Waals surface area contributed by atoms with Gasteiger partial charge in [0.1, 0.15) is 0 Å². The second-order valence-electron chi connectivity index (χ2n) is 3.13. The minimum atomic E-state index is -0.226. The fourth-order valence-electron chi connectivity index (χ4n) is 1.25. The van der Waals surface area contributed by atoms with Crippen LogP contribution in [0.3, 0.4) is 0 Å². The molecule has 0 saturated heterocycles. The zero-order valence-electron chi connectivity index (χ0n) is 8.98. The van der Waals surface area contributed by atoms with Gasteiger partial charge in [-0.25, -0.2) is 0 Å². The molecule has 0 amide bonds. The van der Waals surface area contributed by atoms with Gasteiger partial charge in [0.2, 0.25) is 0 Å². The number of esters is 1. The normalized spacial score (nSPS) is 12.2. The Bertz CT molecular complexity index is 360. The monoisotopic (exact) mass is 303 g/mol. The average Bonchev–Trinajstić information content (AvgIpc) is 2.31. The van der Waals surface area contributed by atoms with E-state index in [0.29, 0.717) is 12.3 Å². The molecule has 16 heavy (non-hydrogen) atoms. The van der Waals surface area contributed by atoms with Crippen molar-refractivity contribution in [2.75, 3.05) is 19.4 Å². The third-order valence-corrected chi connectivity index (χ3v) is 4.07. The van der Waals surface area contributed by atoms with E-state index in [1.165, 1.54) is 18.9 Å². The molecule has 0 saturated carbocycles. The first kappa shape index (κ1) is 13.5. The van der Waals surface area contributed by atoms with Crippen molar-refractivity contribution >= 4 is 33.7 Å². The molecule has 0 aliphatic carbocycles. The van der Waals surface area contributed by atoms with Crippen LogP contribution in [0.15, 0.2) is 28.7 Å². The topological polar surface area (TPSA) is 52.3 Å². The van der Waals surface area contributed by atoms with Crippen molar-refractivity contribution in [1.29, 1.82) is 0 Å². The summed E-state index contributed by atoms with van der Waals surface area (Å²) < 4.78 is 5.62. The molecule has 0 spiro atoms. The highest BCUT2D eigenvalue weighted by Crippen LogP contribution is 2.32. The Morgan fingerprint density at radius 2 is 2.25 bits per heavy atom. The Hall–Kier alpha value is -0.520. The number of nitrogens with two attached hydrogens (primary N) is 1. The van der Waals surface area contributed by atoms with Crippen molar-refractivity contribution in [3.63, 3.8) is 0 Å². The standard InChI is InChI=1S/C11H14BrNO2S/c1-15-11(14)7-16-10(6-13)8-4-2-3-5-9(8)12/h2-5,10H,6-7,13H2,1H3. The third kappa shape index (κ3) is 3.81. The maximum atomic E-state index is 11.1. The van der Waals surface area contributed by atoms with Gasteiger partial charge in [-0.3, -0.25) is 4.79 Å². The number of ether oxygens (including phenoxy) is 1. The molecule has 0 radical (unpaired) electrons. The first-order valence-electron chi connectivity index (χ1n) is 4.82. The molecule has 88 valence electrons. The van der Waals surface area contributed by atoms with Gasteiger partial charge in [0.05, 0.1) is 12.9 Å². The minimum absolute atomic E-state index is 0.106. The number of hydrogen-bond acceptors (Lipinski definition) is 4. The lowest BCUT2D eigenvalue weighted by Gasteiger charge is -2.15. The summed E-state index contributed by atoms with van der Waals surface area (Å²) in [7, 11) is 1.39. The molecule has 3 nitrogen and oxygen atoms in total. The zero-order valence-corrected chi connectivity index (χ0v) is 11.4. The molecule has 0 heterocycles. The summed E-state index contributed by atoms with van der Waals surface area (Å²) in [6, 6.07) is 7.89. The van der Waals surface area contributed by atoms with Gasteiger partial charge in [-0.15, -0.1) is 11.8 Å². The summed E-state index contributed by atoms with van der Waals surface area (Å²) in [6.45, 7) is 0.490. The summed E-state index contributed by atoms with van der Waals surface area (Å²) in [5.74, 6) is 0.0928. The molecule has 0 fully saturated rings. The second-order valence-corrected chi connectivity index (χ2v) is 5.18. The molecule has 1 aromatic rings. The summed E-state index contributed by atoms with van der Waals surface area (Å²) in [4.78, 5) is 11.1. The van der Waals surface area contributed by atoms with Crippen molar-refractivity contribution in [1.82, 2.24) is 0 Å². The Morgan fingerprint density at radius 1 is 1.56 bits per heavy atom. The highest BCUT2D eigenvalue weighted by molar-refractivity contribution is 9.10. The van der Waals surface area contributed by atoms with Gasteiger partial charge in [0, 0.05) is 16.3 Å². The SMILES string of the molecule is COC(=O)CSC(CN)c1ccccc1Br. The Morgan fingerprint density at radius 3 is 2.81 bits per heavy atom. The van der Waals surface area contributed by atoms with Crippen molar-refractivity contribution in [2.45, 2.75) is 5.25 Å². The number of thioether (sulfide) groups is 1. The van der Waals surface area contributed by atoms with Crippen LogP contribution in [0.4, 0.5) is 0 Å². The van der Waals surface area contributed by atoms with Crippen LogP contribution in [0, 0.1) is 0 Å². The molecule has 1 aromatic carbocycles. The van der Waals surface area contributed by atoms with Crippen LogP contribution in [-0.2, 0) is 9.53 Å². The predicted octanol–water partition coefficient (Wildman–Crippen LogP) is 2.36. The lowest BCUT2D eigenvalue weighted by Crippen LogP contribution is -2.13. The number of hydrogen-bond donors (Lipinski definition) is 1. The van der Waals surface area contributed by atoms with E-state index in [1.54, 1.807) is 0 Å². The molecule has 0 aromatic heterocycles. The summed E-state index contributed by atoms with van der Waals surface area (Å²) in [5, 5.41) is 0.106. The molecule has 1 unspecified atom stereocenters. The summed E-state index contributed by atoms with van der Waals surface area (Å²) in [5.41, 5.74) is 6.82. The maximum Gasteiger partial charge on any atom is 0.315 e. The molecule has 1 atom stereocenters. The third-order valence-electron chi connectivity index (χ3n) is 2.10. The smallest absolute Gasteiger partial charge is 0.315 e. The number of rotatable bonds is 5. The van der Waals surface area contributed by atoms with Crippen LogP contribution in [-0.4, -0.2) is 25.4 Å². The molecule has 2 N–H and O–H groups in total. The maximum absolute atomic E-state index is 11.1. The van der Waals surface area contributed by atoms with Gasteiger partial charge < -0.3 is 10.5 Å². The first-order valence-corrected chi connectivity index (χ1v) is 6.66. The number of halogens is 1. The number of benzene rings is 1. The van der Waals surface area contributed by atoms with Crippen LogP contribution in [0.1, 0.15) is 10.8 Å². The Kier molecular flexibility index (Phi) is 5.87. The largest absolute Gasteiger partial charge is 0.468 e. The van der Waals surface area contributed by atoms with Crippen molar-refractivity contribution in [3.05, 3.63) is 34.3 Å². The van der Waals surface area contributed by atoms with E-state index in [9.17, 15) is 4.79 Å². The minimum Gasteiger partial charge on any atom is -0.468 e. The molecular weight excluding hydrogens is 290 g/mol. The quantitative estimate of drug-likeness (QED) is 0.849. The Balaban J connectivity index is 2.68. The van der Waals surface area contributed by atoms with Crippen LogP contribution in [0.25, 0.3) is 0 Å². The molecule has 0 bridgehead atoms. The van der Waals surface area contributed by atoms with E-state index >= 15 is 0 Å². The van der Waals surface area contributed by atoms with Crippen molar-refractivity contribution in [3.8, 4) is 0 Å². The second kappa shape index (κ2) is 6.93. The van der Waals surface area contributed by atoms with Gasteiger partial charge >= 0.3 is 5.97 Å². The van der Waals surface area contributed by atoms with E-state index < -0.39 is 0 Å². The number of methoxy groups -OCH3 is 1. The van der Waals surface area contributed by atoms with E-state index in [-0.39, 0.29) is 11.2 Å². The average molecular weight is 304 g/mol. The van der Waals surface area contributed by atoms with Gasteiger partial charge in [-0.05, 0) is 11.6 Å². The van der Waals surface area contributed by atoms with Gasteiger partial charge in [0.25, 0.3) is 0 Å². The highest BCUT2D eigenvalue weighted by Gasteiger charge is 2.14. The lowest BCUT2D eigenvalue weighted by molar-refractivity contribution is -0.137. The van der Waals surface area contributed by atoms with E-state index in [2.05, 4.69) is 20.7 Å². The lowest BCUT2D eigenvalue weighted by atomic mass is 10.1. The number of carbonyl (C=O) groups excluding carboxylic acids is 1. The van der Waals surface area contributed by atoms with Crippen LogP contribution in [0.2, 0.25) is 0 Å². The molecule has 1 rings (SSSR count). The van der Waals surface area contributed by atoms with Crippen LogP contribution in [0.5, 0.6) is 0 Å². The van der Waals surface area contributed by atoms with Crippen molar-refractivity contribution in [2.24, 2.45) is 5.73 Å². The zero-order chi connectivity index (χ0) is 12.0. The molecule has 0 aliphatic heterocycles. The van der Waals surface area contributed by atoms with Crippen LogP contribution < -0.4 is 5.73 Å². The van der Waals surface area contributed by atoms with Crippen LogP contribution >= 0.6 is 27.7 Å². The van der Waals surface area contributed by atoms with E-state index in [4.69, 9.17) is 5.73 Å². The van der Waals surface area contributed by atoms with Gasteiger partial charge in [-0.1, -0.05) is 34.1 Å². The van der Waals surface area contributed by atoms with Crippen molar-refractivity contribution < 1.29 is 9.53 Å². The van der Waals surface area contributed by atoms with Gasteiger partial charge in [-0.2, -0.15) is 0 Å². The fraction of sp³-hybridized carbons (Fsp3) is 0.364. The molecule has 0 aliphatic rings. The highest BCUT2D eigenvalue weighted by atomic mass is 79.9. The molecule has 5 heteroatoms. The van der Waals surface area contributed by atoms with E-state index in [1.807, 2.05) is 24.3 Å². The molecular formula is C11H14BrNO2S. The summed E-state index contributed by atoms with van der Waals surface area (Å²) >= 11 is 4.97.